The third-order valence-electron chi connectivity index (χ3n) is 3.14. The zero-order chi connectivity index (χ0) is 14.5. The van der Waals surface area contributed by atoms with Gasteiger partial charge in [-0.3, -0.25) is 0 Å². The predicted octanol–water partition coefficient (Wildman–Crippen LogP) is 4.94. The normalized spacial score (nSPS) is 18.3. The van der Waals surface area contributed by atoms with Crippen LogP contribution in [0.5, 0.6) is 0 Å². The van der Waals surface area contributed by atoms with Crippen LogP contribution in [0.15, 0.2) is 11.6 Å². The number of hydrogen-bond donors (Lipinski definition) is 0. The Balaban J connectivity index is 4.92. The van der Waals surface area contributed by atoms with E-state index in [1.807, 2.05) is 13.8 Å². The van der Waals surface area contributed by atoms with Crippen LogP contribution >= 0.6 is 22.6 Å². The van der Waals surface area contributed by atoms with Crippen LogP contribution in [0.4, 0.5) is 13.2 Å². The van der Waals surface area contributed by atoms with Crippen molar-refractivity contribution in [2.24, 2.45) is 11.8 Å². The minimum absolute atomic E-state index is 0.0198. The molecular formula is C13H20F3IO. The van der Waals surface area contributed by atoms with Gasteiger partial charge in [-0.2, -0.15) is 13.2 Å². The molecule has 0 bridgehead atoms. The molecule has 0 aliphatic carbocycles. The molecule has 3 atom stereocenters. The standard InChI is InChI=1S/C13H20F3IO/c1-8(13(14,15)16)7-12(6-5-9(2)18)10(3)11(4)17/h7,10-12H,5-6H2,1-4H3/b8-7+. The van der Waals surface area contributed by atoms with Gasteiger partial charge in [0.2, 0.25) is 0 Å². The van der Waals surface area contributed by atoms with E-state index in [2.05, 4.69) is 22.6 Å². The number of ketones is 1. The summed E-state index contributed by atoms with van der Waals surface area (Å²) in [6.45, 7) is 6.46. The first-order valence-electron chi connectivity index (χ1n) is 5.94. The number of carbonyl (C=O) groups excluding carboxylic acids is 1. The summed E-state index contributed by atoms with van der Waals surface area (Å²) in [4.78, 5) is 11.0. The first-order valence-corrected chi connectivity index (χ1v) is 7.19. The second-order valence-electron chi connectivity index (χ2n) is 4.79. The number of alkyl halides is 4. The average Bonchev–Trinajstić information content (AvgIpc) is 2.20. The first kappa shape index (κ1) is 17.9. The molecular weight excluding hydrogens is 356 g/mol. The van der Waals surface area contributed by atoms with Gasteiger partial charge in [-0.1, -0.05) is 42.5 Å². The lowest BCUT2D eigenvalue weighted by molar-refractivity contribution is -0.117. The van der Waals surface area contributed by atoms with Crippen molar-refractivity contribution in [2.45, 2.75) is 50.6 Å². The second kappa shape index (κ2) is 7.50. The lowest BCUT2D eigenvalue weighted by Crippen LogP contribution is -2.20. The van der Waals surface area contributed by atoms with Crippen LogP contribution in [0.25, 0.3) is 0 Å². The minimum Gasteiger partial charge on any atom is -0.300 e. The molecule has 0 heterocycles. The van der Waals surface area contributed by atoms with Crippen LogP contribution in [-0.4, -0.2) is 15.9 Å². The molecule has 0 aromatic heterocycles. The fraction of sp³-hybridized carbons (Fsp3) is 0.769. The van der Waals surface area contributed by atoms with Gasteiger partial charge in [0.1, 0.15) is 5.78 Å². The van der Waals surface area contributed by atoms with Crippen LogP contribution in [0.1, 0.15) is 40.5 Å². The summed E-state index contributed by atoms with van der Waals surface area (Å²) in [6, 6.07) is 0. The molecule has 0 saturated heterocycles. The minimum atomic E-state index is -4.28. The Morgan fingerprint density at radius 1 is 1.28 bits per heavy atom. The molecule has 0 aromatic carbocycles. The van der Waals surface area contributed by atoms with Crippen molar-refractivity contribution in [2.75, 3.05) is 0 Å². The first-order chi connectivity index (χ1) is 8.05. The van der Waals surface area contributed by atoms with Crippen molar-refractivity contribution in [3.05, 3.63) is 11.6 Å². The van der Waals surface area contributed by atoms with E-state index in [0.717, 1.165) is 6.92 Å². The second-order valence-corrected chi connectivity index (χ2v) is 6.75. The molecule has 0 aromatic rings. The molecule has 5 heteroatoms. The topological polar surface area (TPSA) is 17.1 Å². The monoisotopic (exact) mass is 376 g/mol. The van der Waals surface area contributed by atoms with Crippen LogP contribution < -0.4 is 0 Å². The summed E-state index contributed by atoms with van der Waals surface area (Å²) in [5.74, 6) is -0.0731. The number of hydrogen-bond acceptors (Lipinski definition) is 1. The van der Waals surface area contributed by atoms with Gasteiger partial charge < -0.3 is 4.79 Å². The number of rotatable bonds is 6. The number of allylic oxidation sites excluding steroid dienone is 2. The molecule has 0 aliphatic heterocycles. The molecule has 0 rings (SSSR count). The Kier molecular flexibility index (Phi) is 7.47. The van der Waals surface area contributed by atoms with Gasteiger partial charge in [-0.15, -0.1) is 0 Å². The molecule has 0 spiro atoms. The SMILES string of the molecule is CC(=O)CCC(/C=C(\C)C(F)(F)F)C(C)C(C)I. The van der Waals surface area contributed by atoms with E-state index in [1.165, 1.54) is 13.0 Å². The van der Waals surface area contributed by atoms with Gasteiger partial charge in [-0.25, -0.2) is 0 Å². The summed E-state index contributed by atoms with van der Waals surface area (Å²) in [7, 11) is 0. The average molecular weight is 376 g/mol. The van der Waals surface area contributed by atoms with Gasteiger partial charge in [0.05, 0.1) is 0 Å². The van der Waals surface area contributed by atoms with E-state index >= 15 is 0 Å². The van der Waals surface area contributed by atoms with E-state index in [4.69, 9.17) is 0 Å². The zero-order valence-corrected chi connectivity index (χ0v) is 13.3. The van der Waals surface area contributed by atoms with E-state index in [9.17, 15) is 18.0 Å². The highest BCUT2D eigenvalue weighted by molar-refractivity contribution is 14.1. The fourth-order valence-corrected chi connectivity index (χ4v) is 2.16. The van der Waals surface area contributed by atoms with Crippen LogP contribution in [0.3, 0.4) is 0 Å². The van der Waals surface area contributed by atoms with Crippen molar-refractivity contribution in [3.63, 3.8) is 0 Å². The number of halogens is 4. The third kappa shape index (κ3) is 6.75. The highest BCUT2D eigenvalue weighted by Gasteiger charge is 2.31. The molecule has 0 radical (unpaired) electrons. The summed E-state index contributed by atoms with van der Waals surface area (Å²) >= 11 is 2.21. The van der Waals surface area contributed by atoms with E-state index in [0.29, 0.717) is 12.8 Å². The van der Waals surface area contributed by atoms with Crippen molar-refractivity contribution < 1.29 is 18.0 Å². The Bertz CT molecular complexity index is 308. The largest absolute Gasteiger partial charge is 0.412 e. The maximum absolute atomic E-state index is 12.5. The molecule has 3 unspecified atom stereocenters. The van der Waals surface area contributed by atoms with E-state index < -0.39 is 11.7 Å². The van der Waals surface area contributed by atoms with Crippen molar-refractivity contribution in [1.29, 1.82) is 0 Å². The molecule has 0 amide bonds. The van der Waals surface area contributed by atoms with Crippen molar-refractivity contribution in [1.82, 2.24) is 0 Å². The van der Waals surface area contributed by atoms with E-state index in [-0.39, 0.29) is 21.5 Å². The Morgan fingerprint density at radius 3 is 2.11 bits per heavy atom. The molecule has 0 N–H and O–H groups in total. The van der Waals surface area contributed by atoms with Crippen molar-refractivity contribution in [3.8, 4) is 0 Å². The van der Waals surface area contributed by atoms with Gasteiger partial charge >= 0.3 is 6.18 Å². The lowest BCUT2D eigenvalue weighted by atomic mass is 9.86. The quantitative estimate of drug-likeness (QED) is 0.365. The Hall–Kier alpha value is -0.0700. The van der Waals surface area contributed by atoms with Gasteiger partial charge in [0.15, 0.2) is 0 Å². The molecule has 106 valence electrons. The maximum Gasteiger partial charge on any atom is 0.412 e. The smallest absolute Gasteiger partial charge is 0.300 e. The third-order valence-corrected chi connectivity index (χ3v) is 4.28. The number of Topliss-reactive ketones (excluding diaryl/α,β-unsaturated/α-hetero) is 1. The molecule has 0 aliphatic rings. The highest BCUT2D eigenvalue weighted by Crippen LogP contribution is 2.32. The zero-order valence-electron chi connectivity index (χ0n) is 11.1. The molecule has 0 fully saturated rings. The summed E-state index contributed by atoms with van der Waals surface area (Å²) < 4.78 is 37.9. The molecule has 0 saturated carbocycles. The Morgan fingerprint density at radius 2 is 1.78 bits per heavy atom. The van der Waals surface area contributed by atoms with Gasteiger partial charge in [-0.05, 0) is 32.1 Å². The lowest BCUT2D eigenvalue weighted by Gasteiger charge is -2.24. The summed E-state index contributed by atoms with van der Waals surface area (Å²) in [5.41, 5.74) is -0.569. The predicted molar refractivity (Wildman–Crippen MR) is 75.9 cm³/mol. The van der Waals surface area contributed by atoms with Crippen LogP contribution in [0, 0.1) is 11.8 Å². The van der Waals surface area contributed by atoms with Crippen LogP contribution in [-0.2, 0) is 4.79 Å². The maximum atomic E-state index is 12.5. The highest BCUT2D eigenvalue weighted by atomic mass is 127. The number of carbonyl (C=O) groups is 1. The Labute approximate surface area is 120 Å². The van der Waals surface area contributed by atoms with Crippen molar-refractivity contribution >= 4 is 28.4 Å². The molecule has 1 nitrogen and oxygen atoms in total. The molecule has 18 heavy (non-hydrogen) atoms. The van der Waals surface area contributed by atoms with Crippen LogP contribution in [0.2, 0.25) is 0 Å². The van der Waals surface area contributed by atoms with E-state index in [1.54, 1.807) is 0 Å². The van der Waals surface area contributed by atoms with Gasteiger partial charge in [0.25, 0.3) is 0 Å². The summed E-state index contributed by atoms with van der Waals surface area (Å²) in [6.07, 6.45) is -2.18. The van der Waals surface area contributed by atoms with Gasteiger partial charge in [0, 0.05) is 15.9 Å². The fourth-order valence-electron chi connectivity index (χ4n) is 1.62. The summed E-state index contributed by atoms with van der Waals surface area (Å²) in [5, 5.41) is 0.